The van der Waals surface area contributed by atoms with Crippen LogP contribution in [0.3, 0.4) is 0 Å². The van der Waals surface area contributed by atoms with E-state index in [2.05, 4.69) is 10.3 Å². The summed E-state index contributed by atoms with van der Waals surface area (Å²) in [5.74, 6) is 0.123. The fraction of sp³-hybridized carbons (Fsp3) is 0.467. The van der Waals surface area contributed by atoms with E-state index in [1.165, 1.54) is 23.9 Å². The number of aliphatic imine (C=N–C) groups is 1. The lowest BCUT2D eigenvalue weighted by Gasteiger charge is -2.11. The van der Waals surface area contributed by atoms with E-state index in [-0.39, 0.29) is 23.1 Å². The smallest absolute Gasteiger partial charge is 0.304 e. The minimum Gasteiger partial charge on any atom is -0.304 e. The van der Waals surface area contributed by atoms with Crippen LogP contribution in [-0.2, 0) is 11.0 Å². The molecule has 1 saturated heterocycles. The van der Waals surface area contributed by atoms with Crippen LogP contribution in [0.4, 0.5) is 13.2 Å². The van der Waals surface area contributed by atoms with E-state index >= 15 is 0 Å². The number of thioether (sulfide) groups is 1. The molecule has 3 nitrogen and oxygen atoms in total. The molecule has 0 aromatic heterocycles. The third-order valence-electron chi connectivity index (χ3n) is 3.36. The molecule has 1 aliphatic rings. The summed E-state index contributed by atoms with van der Waals surface area (Å²) in [6.45, 7) is 5.70. The lowest BCUT2D eigenvalue weighted by Crippen LogP contribution is -2.27. The molecule has 1 heterocycles. The Hall–Kier alpha value is -1.50. The highest BCUT2D eigenvalue weighted by atomic mass is 32.2. The molecule has 0 spiro atoms. The number of carbonyl (C=O) groups is 1. The molecule has 1 fully saturated rings. The molecule has 0 aliphatic carbocycles. The third-order valence-corrected chi connectivity index (χ3v) is 4.81. The van der Waals surface area contributed by atoms with E-state index in [1.54, 1.807) is 6.92 Å². The van der Waals surface area contributed by atoms with E-state index in [0.717, 1.165) is 12.1 Å². The molecule has 1 aromatic rings. The topological polar surface area (TPSA) is 41.5 Å². The Morgan fingerprint density at radius 3 is 2.23 bits per heavy atom. The average molecular weight is 330 g/mol. The fourth-order valence-electron chi connectivity index (χ4n) is 2.08. The Bertz CT molecular complexity index is 581. The zero-order valence-electron chi connectivity index (χ0n) is 12.4. The highest BCUT2D eigenvalue weighted by molar-refractivity contribution is 8.15. The summed E-state index contributed by atoms with van der Waals surface area (Å²) in [4.78, 5) is 16.1. The van der Waals surface area contributed by atoms with Crippen LogP contribution in [0.5, 0.6) is 0 Å². The number of carbonyl (C=O) groups excluding carboxylic acids is 1. The van der Waals surface area contributed by atoms with Gasteiger partial charge < -0.3 is 5.32 Å². The predicted molar refractivity (Wildman–Crippen MR) is 81.7 cm³/mol. The molecule has 22 heavy (non-hydrogen) atoms. The Morgan fingerprint density at radius 1 is 1.18 bits per heavy atom. The van der Waals surface area contributed by atoms with Crippen LogP contribution >= 0.6 is 11.8 Å². The molecule has 1 amide bonds. The summed E-state index contributed by atoms with van der Waals surface area (Å²) in [6, 6.07) is 4.60. The van der Waals surface area contributed by atoms with Gasteiger partial charge in [-0.05, 0) is 30.5 Å². The molecule has 1 aromatic carbocycles. The van der Waals surface area contributed by atoms with Crippen LogP contribution in [0.15, 0.2) is 29.3 Å². The van der Waals surface area contributed by atoms with Crippen molar-refractivity contribution in [1.29, 1.82) is 0 Å². The molecule has 0 radical (unpaired) electrons. The first-order chi connectivity index (χ1) is 10.2. The monoisotopic (exact) mass is 330 g/mol. The van der Waals surface area contributed by atoms with Gasteiger partial charge in [-0.15, -0.1) is 0 Å². The molecule has 2 atom stereocenters. The fourth-order valence-corrected chi connectivity index (χ4v) is 3.14. The molecule has 0 bridgehead atoms. The number of hydrogen-bond donors (Lipinski definition) is 1. The Kier molecular flexibility index (Phi) is 4.84. The highest BCUT2D eigenvalue weighted by Gasteiger charge is 2.33. The van der Waals surface area contributed by atoms with Crippen molar-refractivity contribution in [3.63, 3.8) is 0 Å². The number of alkyl halides is 3. The second-order valence-electron chi connectivity index (χ2n) is 5.50. The van der Waals surface area contributed by atoms with Gasteiger partial charge in [-0.25, -0.2) is 0 Å². The van der Waals surface area contributed by atoms with Gasteiger partial charge in [-0.2, -0.15) is 13.2 Å². The normalized spacial score (nSPS) is 22.2. The van der Waals surface area contributed by atoms with Gasteiger partial charge in [0.05, 0.1) is 16.9 Å². The van der Waals surface area contributed by atoms with Crippen molar-refractivity contribution in [3.8, 4) is 0 Å². The molecular weight excluding hydrogens is 313 g/mol. The van der Waals surface area contributed by atoms with Crippen molar-refractivity contribution < 1.29 is 18.0 Å². The maximum absolute atomic E-state index is 12.5. The number of nitrogens with zero attached hydrogens (tertiary/aromatic N) is 1. The highest BCUT2D eigenvalue weighted by Crippen LogP contribution is 2.31. The summed E-state index contributed by atoms with van der Waals surface area (Å²) in [7, 11) is 0. The Balaban J connectivity index is 2.11. The summed E-state index contributed by atoms with van der Waals surface area (Å²) in [6.07, 6.45) is -4.34. The van der Waals surface area contributed by atoms with Crippen molar-refractivity contribution in [3.05, 3.63) is 35.4 Å². The van der Waals surface area contributed by atoms with Crippen molar-refractivity contribution in [1.82, 2.24) is 5.32 Å². The van der Waals surface area contributed by atoms with Gasteiger partial charge in [-0.1, -0.05) is 37.7 Å². The van der Waals surface area contributed by atoms with E-state index in [4.69, 9.17) is 0 Å². The summed E-state index contributed by atoms with van der Waals surface area (Å²) >= 11 is 1.37. The number of hydrogen-bond acceptors (Lipinski definition) is 3. The quantitative estimate of drug-likeness (QED) is 0.910. The van der Waals surface area contributed by atoms with Crippen LogP contribution in [0.2, 0.25) is 0 Å². The second-order valence-corrected chi connectivity index (χ2v) is 6.63. The maximum Gasteiger partial charge on any atom is 0.416 e. The number of benzene rings is 1. The number of halogens is 3. The zero-order valence-corrected chi connectivity index (χ0v) is 13.3. The lowest BCUT2D eigenvalue weighted by molar-refractivity contribution is -0.137. The SMILES string of the molecule is CC(N=C1NC(=O)C(C(C)C)S1)c1ccc(C(F)(F)F)cc1. The molecular formula is C15H17F3N2OS. The van der Waals surface area contributed by atoms with Crippen LogP contribution in [0.1, 0.15) is 37.9 Å². The standard InChI is InChI=1S/C15H17F3N2OS/c1-8(2)12-13(21)20-14(22-12)19-9(3)10-4-6-11(7-5-10)15(16,17)18/h4-9,12H,1-3H3,(H,19,20,21). The molecule has 1 N–H and O–H groups in total. The number of rotatable bonds is 3. The maximum atomic E-state index is 12.5. The molecule has 2 rings (SSSR count). The largest absolute Gasteiger partial charge is 0.416 e. The van der Waals surface area contributed by atoms with Gasteiger partial charge in [0.25, 0.3) is 0 Å². The molecule has 0 saturated carbocycles. The zero-order chi connectivity index (χ0) is 16.5. The van der Waals surface area contributed by atoms with E-state index in [0.29, 0.717) is 10.7 Å². The molecule has 1 aliphatic heterocycles. The van der Waals surface area contributed by atoms with Crippen LogP contribution in [0.25, 0.3) is 0 Å². The van der Waals surface area contributed by atoms with Crippen LogP contribution in [-0.4, -0.2) is 16.3 Å². The summed E-state index contributed by atoms with van der Waals surface area (Å²) in [5.41, 5.74) is -0.0112. The van der Waals surface area contributed by atoms with Gasteiger partial charge in [0.15, 0.2) is 5.17 Å². The first-order valence-electron chi connectivity index (χ1n) is 6.91. The van der Waals surface area contributed by atoms with E-state index in [1.807, 2.05) is 13.8 Å². The minimum absolute atomic E-state index is 0.0710. The van der Waals surface area contributed by atoms with E-state index < -0.39 is 11.7 Å². The van der Waals surface area contributed by atoms with Crippen molar-refractivity contribution in [2.45, 2.75) is 38.2 Å². The van der Waals surface area contributed by atoms with Crippen molar-refractivity contribution in [2.24, 2.45) is 10.9 Å². The van der Waals surface area contributed by atoms with E-state index in [9.17, 15) is 18.0 Å². The molecule has 7 heteroatoms. The van der Waals surface area contributed by atoms with Crippen LogP contribution < -0.4 is 5.32 Å². The number of amidine groups is 1. The Labute approximate surface area is 131 Å². The van der Waals surface area contributed by atoms with Crippen molar-refractivity contribution >= 4 is 22.8 Å². The first kappa shape index (κ1) is 16.9. The second kappa shape index (κ2) is 6.32. The number of amides is 1. The van der Waals surface area contributed by atoms with Gasteiger partial charge in [-0.3, -0.25) is 9.79 Å². The van der Waals surface area contributed by atoms with Gasteiger partial charge in [0, 0.05) is 0 Å². The average Bonchev–Trinajstić information content (AvgIpc) is 2.79. The Morgan fingerprint density at radius 2 is 1.77 bits per heavy atom. The predicted octanol–water partition coefficient (Wildman–Crippen LogP) is 4.01. The van der Waals surface area contributed by atoms with Gasteiger partial charge in [0.2, 0.25) is 5.91 Å². The third kappa shape index (κ3) is 3.82. The molecule has 120 valence electrons. The lowest BCUT2D eigenvalue weighted by atomic mass is 10.1. The van der Waals surface area contributed by atoms with Crippen LogP contribution in [0, 0.1) is 5.92 Å². The van der Waals surface area contributed by atoms with Gasteiger partial charge in [0.1, 0.15) is 0 Å². The summed E-state index contributed by atoms with van der Waals surface area (Å²) < 4.78 is 37.6. The minimum atomic E-state index is -4.34. The molecule has 2 unspecified atom stereocenters. The first-order valence-corrected chi connectivity index (χ1v) is 7.79. The number of nitrogens with one attached hydrogen (secondary N) is 1. The summed E-state index contributed by atoms with van der Waals surface area (Å²) in [5, 5.41) is 3.07. The van der Waals surface area contributed by atoms with Crippen molar-refractivity contribution in [2.75, 3.05) is 0 Å². The van der Waals surface area contributed by atoms with Gasteiger partial charge >= 0.3 is 6.18 Å².